The molecule has 3 nitrogen and oxygen atoms in total. The average Bonchev–Trinajstić information content (AvgIpc) is 2.67. The van der Waals surface area contributed by atoms with Gasteiger partial charge in [0.25, 0.3) is 0 Å². The fraction of sp³-hybridized carbons (Fsp3) is 0.824. The predicted octanol–water partition coefficient (Wildman–Crippen LogP) is 3.92. The van der Waals surface area contributed by atoms with E-state index in [2.05, 4.69) is 38.1 Å². The van der Waals surface area contributed by atoms with E-state index in [-0.39, 0.29) is 0 Å². The van der Waals surface area contributed by atoms with Crippen molar-refractivity contribution in [1.82, 2.24) is 15.1 Å². The van der Waals surface area contributed by atoms with E-state index in [0.717, 1.165) is 13.0 Å². The van der Waals surface area contributed by atoms with E-state index >= 15 is 0 Å². The molecule has 0 saturated heterocycles. The summed E-state index contributed by atoms with van der Waals surface area (Å²) in [5, 5.41) is 8.24. The Morgan fingerprint density at radius 2 is 1.85 bits per heavy atom. The normalized spacial score (nSPS) is 12.8. The molecule has 20 heavy (non-hydrogen) atoms. The minimum absolute atomic E-state index is 0.667. The van der Waals surface area contributed by atoms with Crippen LogP contribution in [0.4, 0.5) is 0 Å². The van der Waals surface area contributed by atoms with Gasteiger partial charge in [-0.2, -0.15) is 5.10 Å². The number of hydrogen-bond donors (Lipinski definition) is 1. The molecule has 0 saturated carbocycles. The van der Waals surface area contributed by atoms with Crippen LogP contribution in [0, 0.1) is 13.8 Å². The van der Waals surface area contributed by atoms with Gasteiger partial charge >= 0.3 is 0 Å². The smallest absolute Gasteiger partial charge is 0.0628 e. The van der Waals surface area contributed by atoms with Crippen molar-refractivity contribution >= 4 is 0 Å². The van der Waals surface area contributed by atoms with Crippen LogP contribution in [-0.4, -0.2) is 22.4 Å². The minimum Gasteiger partial charge on any atom is -0.314 e. The third-order valence-corrected chi connectivity index (χ3v) is 4.24. The van der Waals surface area contributed by atoms with Crippen molar-refractivity contribution in [2.24, 2.45) is 7.05 Å². The predicted molar refractivity (Wildman–Crippen MR) is 87.2 cm³/mol. The highest BCUT2D eigenvalue weighted by molar-refractivity contribution is 5.24. The number of nitrogens with one attached hydrogen (secondary N) is 1. The van der Waals surface area contributed by atoms with E-state index in [1.165, 1.54) is 55.5 Å². The van der Waals surface area contributed by atoms with Gasteiger partial charge in [-0.1, -0.05) is 33.1 Å². The molecule has 0 aliphatic heterocycles. The van der Waals surface area contributed by atoms with Crippen LogP contribution in [0.5, 0.6) is 0 Å². The van der Waals surface area contributed by atoms with Crippen molar-refractivity contribution in [2.45, 2.75) is 78.7 Å². The molecule has 0 radical (unpaired) electrons. The van der Waals surface area contributed by atoms with Gasteiger partial charge in [-0.05, 0) is 51.6 Å². The van der Waals surface area contributed by atoms with Crippen LogP contribution in [0.3, 0.4) is 0 Å². The summed E-state index contributed by atoms with van der Waals surface area (Å²) in [6, 6.07) is 0.667. The van der Waals surface area contributed by atoms with Gasteiger partial charge in [0.1, 0.15) is 0 Å². The zero-order valence-electron chi connectivity index (χ0n) is 14.1. The Labute approximate surface area is 125 Å². The van der Waals surface area contributed by atoms with E-state index in [9.17, 15) is 0 Å². The SMILES string of the molecule is CCCCCC(CCc1c(C)nn(C)c1C)NCCC. The summed E-state index contributed by atoms with van der Waals surface area (Å²) in [5.74, 6) is 0. The fourth-order valence-electron chi connectivity index (χ4n) is 2.84. The summed E-state index contributed by atoms with van der Waals surface area (Å²) in [6.45, 7) is 9.97. The van der Waals surface area contributed by atoms with Crippen LogP contribution in [0.1, 0.15) is 69.3 Å². The molecule has 1 aromatic heterocycles. The molecule has 0 amide bonds. The Morgan fingerprint density at radius 1 is 1.10 bits per heavy atom. The molecule has 1 unspecified atom stereocenters. The summed E-state index contributed by atoms with van der Waals surface area (Å²) >= 11 is 0. The highest BCUT2D eigenvalue weighted by atomic mass is 15.3. The number of nitrogens with zero attached hydrogens (tertiary/aromatic N) is 2. The number of rotatable bonds is 10. The minimum atomic E-state index is 0.667. The molecule has 1 N–H and O–H groups in total. The first-order valence-electron chi connectivity index (χ1n) is 8.32. The average molecular weight is 279 g/mol. The quantitative estimate of drug-likeness (QED) is 0.658. The monoisotopic (exact) mass is 279 g/mol. The maximum absolute atomic E-state index is 4.52. The molecule has 0 aliphatic rings. The molecule has 116 valence electrons. The number of aromatic nitrogens is 2. The van der Waals surface area contributed by atoms with Gasteiger partial charge in [0.15, 0.2) is 0 Å². The van der Waals surface area contributed by atoms with Gasteiger partial charge in [0, 0.05) is 18.8 Å². The number of unbranched alkanes of at least 4 members (excludes halogenated alkanes) is 2. The number of aryl methyl sites for hydroxylation is 2. The van der Waals surface area contributed by atoms with Crippen LogP contribution >= 0.6 is 0 Å². The van der Waals surface area contributed by atoms with Crippen LogP contribution in [0.15, 0.2) is 0 Å². The van der Waals surface area contributed by atoms with Crippen LogP contribution in [0.25, 0.3) is 0 Å². The highest BCUT2D eigenvalue weighted by Gasteiger charge is 2.13. The fourth-order valence-corrected chi connectivity index (χ4v) is 2.84. The Hall–Kier alpha value is -0.830. The molecular weight excluding hydrogens is 246 g/mol. The first-order valence-corrected chi connectivity index (χ1v) is 8.32. The maximum atomic E-state index is 4.52. The third kappa shape index (κ3) is 5.28. The largest absolute Gasteiger partial charge is 0.314 e. The van der Waals surface area contributed by atoms with Crippen molar-refractivity contribution in [1.29, 1.82) is 0 Å². The third-order valence-electron chi connectivity index (χ3n) is 4.24. The Morgan fingerprint density at radius 3 is 2.40 bits per heavy atom. The lowest BCUT2D eigenvalue weighted by Crippen LogP contribution is -2.30. The lowest BCUT2D eigenvalue weighted by molar-refractivity contribution is 0.434. The van der Waals surface area contributed by atoms with Crippen LogP contribution < -0.4 is 5.32 Å². The second-order valence-corrected chi connectivity index (χ2v) is 5.96. The lowest BCUT2D eigenvalue weighted by atomic mass is 9.99. The number of hydrogen-bond acceptors (Lipinski definition) is 2. The molecule has 0 fully saturated rings. The first kappa shape index (κ1) is 17.2. The van der Waals surface area contributed by atoms with Crippen molar-refractivity contribution in [3.63, 3.8) is 0 Å². The molecule has 1 heterocycles. The summed E-state index contributed by atoms with van der Waals surface area (Å²) in [6.07, 6.45) is 8.93. The molecule has 1 aromatic rings. The Balaban J connectivity index is 2.51. The highest BCUT2D eigenvalue weighted by Crippen LogP contribution is 2.17. The zero-order valence-corrected chi connectivity index (χ0v) is 14.1. The summed E-state index contributed by atoms with van der Waals surface area (Å²) in [4.78, 5) is 0. The van der Waals surface area contributed by atoms with E-state index in [0.29, 0.717) is 6.04 Å². The van der Waals surface area contributed by atoms with Crippen molar-refractivity contribution in [3.8, 4) is 0 Å². The molecule has 0 aromatic carbocycles. The van der Waals surface area contributed by atoms with E-state index in [1.807, 2.05) is 11.7 Å². The second kappa shape index (κ2) is 9.17. The van der Waals surface area contributed by atoms with Gasteiger partial charge in [-0.3, -0.25) is 4.68 Å². The van der Waals surface area contributed by atoms with Crippen molar-refractivity contribution in [2.75, 3.05) is 6.54 Å². The molecule has 1 atom stereocenters. The van der Waals surface area contributed by atoms with Gasteiger partial charge in [0.2, 0.25) is 0 Å². The summed E-state index contributed by atoms with van der Waals surface area (Å²) < 4.78 is 2.01. The molecule has 0 bridgehead atoms. The van der Waals surface area contributed by atoms with Crippen molar-refractivity contribution < 1.29 is 0 Å². The van der Waals surface area contributed by atoms with Crippen LogP contribution in [-0.2, 0) is 13.5 Å². The second-order valence-electron chi connectivity index (χ2n) is 5.96. The lowest BCUT2D eigenvalue weighted by Gasteiger charge is -2.18. The maximum Gasteiger partial charge on any atom is 0.0628 e. The Bertz CT molecular complexity index is 382. The first-order chi connectivity index (χ1) is 9.60. The van der Waals surface area contributed by atoms with Gasteiger partial charge in [-0.15, -0.1) is 0 Å². The Kier molecular flexibility index (Phi) is 7.90. The van der Waals surface area contributed by atoms with Gasteiger partial charge < -0.3 is 5.32 Å². The molecule has 0 aliphatic carbocycles. The van der Waals surface area contributed by atoms with Gasteiger partial charge in [-0.25, -0.2) is 0 Å². The standard InChI is InChI=1S/C17H33N3/c1-6-8-9-10-16(18-13-7-2)11-12-17-14(3)19-20(5)15(17)4/h16,18H,6-13H2,1-5H3. The molecule has 0 spiro atoms. The van der Waals surface area contributed by atoms with E-state index in [1.54, 1.807) is 0 Å². The van der Waals surface area contributed by atoms with Crippen LogP contribution in [0.2, 0.25) is 0 Å². The van der Waals surface area contributed by atoms with Crippen molar-refractivity contribution in [3.05, 3.63) is 17.0 Å². The molecular formula is C17H33N3. The van der Waals surface area contributed by atoms with E-state index in [4.69, 9.17) is 0 Å². The summed E-state index contributed by atoms with van der Waals surface area (Å²) in [7, 11) is 2.04. The zero-order chi connectivity index (χ0) is 15.0. The van der Waals surface area contributed by atoms with E-state index < -0.39 is 0 Å². The van der Waals surface area contributed by atoms with Gasteiger partial charge in [0.05, 0.1) is 5.69 Å². The molecule has 3 heteroatoms. The topological polar surface area (TPSA) is 29.9 Å². The molecule has 1 rings (SSSR count). The summed E-state index contributed by atoms with van der Waals surface area (Å²) in [5.41, 5.74) is 3.98.